The van der Waals surface area contributed by atoms with E-state index >= 15 is 0 Å². The number of hydrogen-bond donors (Lipinski definition) is 2. The van der Waals surface area contributed by atoms with Crippen LogP contribution in [0, 0.1) is 11.7 Å². The van der Waals surface area contributed by atoms with Crippen molar-refractivity contribution >= 4 is 45.0 Å². The number of nitrogens with one attached hydrogen (secondary N) is 1. The Labute approximate surface area is 225 Å². The number of piperidine rings is 1. The van der Waals surface area contributed by atoms with Gasteiger partial charge in [0, 0.05) is 46.8 Å². The van der Waals surface area contributed by atoms with E-state index in [1.807, 2.05) is 5.38 Å². The summed E-state index contributed by atoms with van der Waals surface area (Å²) in [7, 11) is 1.32. The third-order valence-electron chi connectivity index (χ3n) is 7.00. The Hall–Kier alpha value is -2.67. The second-order valence-electron chi connectivity index (χ2n) is 9.34. The van der Waals surface area contributed by atoms with E-state index in [9.17, 15) is 19.1 Å². The molecule has 12 heteroatoms. The van der Waals surface area contributed by atoms with Crippen LogP contribution in [0.1, 0.15) is 35.9 Å². The summed E-state index contributed by atoms with van der Waals surface area (Å²) >= 11 is 4.86. The number of esters is 1. The molecule has 196 valence electrons. The fourth-order valence-corrected chi connectivity index (χ4v) is 6.58. The number of fused-ring (bicyclic) bond motifs is 2. The molecule has 37 heavy (non-hydrogen) atoms. The van der Waals surface area contributed by atoms with Crippen LogP contribution in [0.3, 0.4) is 0 Å². The smallest absolute Gasteiger partial charge is 0.338 e. The van der Waals surface area contributed by atoms with E-state index in [0.29, 0.717) is 64.7 Å². The topological polar surface area (TPSA) is 113 Å². The number of aromatic nitrogens is 1. The van der Waals surface area contributed by atoms with Crippen molar-refractivity contribution in [2.75, 3.05) is 26.9 Å². The minimum atomic E-state index is -0.793. The molecule has 5 rings (SSSR count). The molecule has 3 unspecified atom stereocenters. The van der Waals surface area contributed by atoms with Gasteiger partial charge in [-0.1, -0.05) is 22.0 Å². The van der Waals surface area contributed by atoms with Gasteiger partial charge in [0.05, 0.1) is 25.9 Å². The van der Waals surface area contributed by atoms with Gasteiger partial charge in [-0.25, -0.2) is 14.2 Å². The van der Waals surface area contributed by atoms with Gasteiger partial charge >= 0.3 is 11.9 Å². The lowest BCUT2D eigenvalue weighted by Gasteiger charge is -2.49. The van der Waals surface area contributed by atoms with E-state index in [-0.39, 0.29) is 24.4 Å². The number of benzene rings is 1. The molecule has 1 aromatic carbocycles. The van der Waals surface area contributed by atoms with Crippen molar-refractivity contribution < 1.29 is 28.6 Å². The molecule has 2 saturated heterocycles. The number of ether oxygens (including phenoxy) is 2. The number of carbonyl (C=O) groups is 2. The molecule has 1 aromatic heterocycles. The Morgan fingerprint density at radius 1 is 1.32 bits per heavy atom. The number of amidine groups is 1. The summed E-state index contributed by atoms with van der Waals surface area (Å²) in [6.07, 6.45) is 3.21. The van der Waals surface area contributed by atoms with Crippen molar-refractivity contribution in [3.05, 3.63) is 61.9 Å². The highest BCUT2D eigenvalue weighted by molar-refractivity contribution is 9.10. The molecular formula is C25H26BrFN4O5S. The summed E-state index contributed by atoms with van der Waals surface area (Å²) in [4.78, 5) is 36.1. The van der Waals surface area contributed by atoms with Crippen molar-refractivity contribution in [2.24, 2.45) is 10.9 Å². The fourth-order valence-electron chi connectivity index (χ4n) is 5.42. The van der Waals surface area contributed by atoms with E-state index in [1.54, 1.807) is 12.3 Å². The summed E-state index contributed by atoms with van der Waals surface area (Å²) in [6, 6.07) is 3.58. The normalized spacial score (nSPS) is 25.9. The first-order valence-corrected chi connectivity index (χ1v) is 13.6. The maximum absolute atomic E-state index is 13.9. The van der Waals surface area contributed by atoms with E-state index in [1.165, 1.54) is 30.6 Å². The summed E-state index contributed by atoms with van der Waals surface area (Å²) in [6.45, 7) is 1.38. The second kappa shape index (κ2) is 11.0. The zero-order valence-electron chi connectivity index (χ0n) is 20.0. The number of aliphatic imine (C=N–C) groups is 1. The number of carboxylic acids is 1. The van der Waals surface area contributed by atoms with Crippen LogP contribution in [0.25, 0.3) is 0 Å². The number of hydrogen-bond acceptors (Lipinski definition) is 9. The number of carboxylic acid groups (broad SMARTS) is 1. The number of rotatable bonds is 7. The minimum absolute atomic E-state index is 0.0169. The SMILES string of the molecule is COC(=O)C1=C(CN2C3COC[C@H]2CC(CC(=O)O)C3)NC(c2nccs2)=NC1c1ccc(F)cc1Br. The zero-order valence-corrected chi connectivity index (χ0v) is 22.4. The molecule has 0 radical (unpaired) electrons. The molecule has 9 nitrogen and oxygen atoms in total. The van der Waals surface area contributed by atoms with Crippen LogP contribution in [0.5, 0.6) is 0 Å². The molecule has 2 aromatic rings. The van der Waals surface area contributed by atoms with Gasteiger partial charge < -0.3 is 19.9 Å². The van der Waals surface area contributed by atoms with Gasteiger partial charge in [-0.15, -0.1) is 11.3 Å². The fraction of sp³-hybridized carbons (Fsp3) is 0.440. The molecule has 4 atom stereocenters. The number of thiazole rings is 1. The van der Waals surface area contributed by atoms with E-state index in [2.05, 4.69) is 31.1 Å². The molecule has 2 fully saturated rings. The third kappa shape index (κ3) is 5.47. The van der Waals surface area contributed by atoms with Gasteiger partial charge in [-0.3, -0.25) is 14.7 Å². The molecule has 3 aliphatic rings. The maximum Gasteiger partial charge on any atom is 0.338 e. The minimum Gasteiger partial charge on any atom is -0.481 e. The van der Waals surface area contributed by atoms with E-state index < -0.39 is 23.8 Å². The molecule has 2 N–H and O–H groups in total. The van der Waals surface area contributed by atoms with Crippen molar-refractivity contribution in [2.45, 2.75) is 37.4 Å². The lowest BCUT2D eigenvalue weighted by molar-refractivity contribution is -0.141. The van der Waals surface area contributed by atoms with E-state index in [4.69, 9.17) is 14.5 Å². The Balaban J connectivity index is 1.55. The molecule has 0 saturated carbocycles. The molecule has 3 aliphatic heterocycles. The average molecular weight is 593 g/mol. The van der Waals surface area contributed by atoms with Crippen molar-refractivity contribution in [1.29, 1.82) is 0 Å². The van der Waals surface area contributed by atoms with E-state index in [0.717, 1.165) is 0 Å². The molecule has 0 spiro atoms. The molecule has 0 aliphatic carbocycles. The number of aliphatic carboxylic acids is 1. The van der Waals surface area contributed by atoms with Gasteiger partial charge in [-0.05, 0) is 36.5 Å². The van der Waals surface area contributed by atoms with Crippen LogP contribution in [0.2, 0.25) is 0 Å². The Morgan fingerprint density at radius 3 is 2.70 bits per heavy atom. The van der Waals surface area contributed by atoms with Crippen molar-refractivity contribution in [3.63, 3.8) is 0 Å². The highest BCUT2D eigenvalue weighted by Crippen LogP contribution is 2.39. The lowest BCUT2D eigenvalue weighted by atomic mass is 9.82. The van der Waals surface area contributed by atoms with Crippen LogP contribution in [0.15, 0.2) is 50.5 Å². The van der Waals surface area contributed by atoms with Gasteiger partial charge in [0.1, 0.15) is 11.9 Å². The van der Waals surface area contributed by atoms with Gasteiger partial charge in [-0.2, -0.15) is 0 Å². The number of nitrogens with zero attached hydrogens (tertiary/aromatic N) is 3. The molecule has 0 amide bonds. The monoisotopic (exact) mass is 592 g/mol. The number of morpholine rings is 1. The van der Waals surface area contributed by atoms with Crippen LogP contribution in [-0.2, 0) is 19.1 Å². The van der Waals surface area contributed by atoms with Crippen LogP contribution in [-0.4, -0.2) is 71.7 Å². The standard InChI is InChI=1S/C25H26BrFN4O5S/c1-35-25(34)21-19(10-31-15-6-13(8-20(32)33)7-16(31)12-36-11-15)29-23(24-28-4-5-37-24)30-22(21)17-3-2-14(27)9-18(17)26/h2-5,9,13,15-16,22H,6-8,10-12H2,1H3,(H,29,30)(H,32,33)/t13?,15-,16?,22?/m1/s1. The molecule has 2 bridgehead atoms. The van der Waals surface area contributed by atoms with Crippen LogP contribution < -0.4 is 5.32 Å². The van der Waals surface area contributed by atoms with Gasteiger partial charge in [0.25, 0.3) is 0 Å². The predicted molar refractivity (Wildman–Crippen MR) is 138 cm³/mol. The summed E-state index contributed by atoms with van der Waals surface area (Å²) in [5, 5.41) is 15.2. The van der Waals surface area contributed by atoms with Crippen molar-refractivity contribution in [1.82, 2.24) is 15.2 Å². The highest BCUT2D eigenvalue weighted by Gasteiger charge is 2.42. The maximum atomic E-state index is 13.9. The first-order valence-electron chi connectivity index (χ1n) is 11.9. The Bertz CT molecular complexity index is 1240. The van der Waals surface area contributed by atoms with Gasteiger partial charge in [0.2, 0.25) is 0 Å². The molecular weight excluding hydrogens is 567 g/mol. The number of methoxy groups -OCH3 is 1. The second-order valence-corrected chi connectivity index (χ2v) is 11.1. The molecule has 4 heterocycles. The quantitative estimate of drug-likeness (QED) is 0.470. The van der Waals surface area contributed by atoms with Crippen LogP contribution in [0.4, 0.5) is 4.39 Å². The van der Waals surface area contributed by atoms with Gasteiger partial charge in [0.15, 0.2) is 10.8 Å². The number of carbonyl (C=O) groups excluding carboxylic acids is 1. The summed E-state index contributed by atoms with van der Waals surface area (Å²) in [5.41, 5.74) is 1.59. The Kier molecular flexibility index (Phi) is 7.70. The van der Waals surface area contributed by atoms with Crippen LogP contribution >= 0.6 is 27.3 Å². The first kappa shape index (κ1) is 26.0. The highest BCUT2D eigenvalue weighted by atomic mass is 79.9. The third-order valence-corrected chi connectivity index (χ3v) is 8.46. The first-order chi connectivity index (χ1) is 17.8. The average Bonchev–Trinajstić information content (AvgIpc) is 3.38. The summed E-state index contributed by atoms with van der Waals surface area (Å²) in [5.74, 6) is -1.14. The largest absolute Gasteiger partial charge is 0.481 e. The predicted octanol–water partition coefficient (Wildman–Crippen LogP) is 3.52. The van der Waals surface area contributed by atoms with Crippen molar-refractivity contribution in [3.8, 4) is 0 Å². The Morgan fingerprint density at radius 2 is 2.08 bits per heavy atom. The lowest BCUT2D eigenvalue weighted by Crippen LogP contribution is -2.58. The number of halogens is 2. The zero-order chi connectivity index (χ0) is 26.1. The summed E-state index contributed by atoms with van der Waals surface area (Å²) < 4.78 is 25.4.